The maximum Gasteiger partial charge on any atom is 0.245 e. The molecule has 2 aromatic carbocycles. The molecule has 6 heteroatoms. The van der Waals surface area contributed by atoms with Gasteiger partial charge in [0.05, 0.1) is 5.69 Å². The Hall–Kier alpha value is -3.51. The Labute approximate surface area is 206 Å². The highest BCUT2D eigenvalue weighted by Crippen LogP contribution is 2.38. The van der Waals surface area contributed by atoms with Crippen LogP contribution in [0.4, 0.5) is 0 Å². The quantitative estimate of drug-likeness (QED) is 0.553. The lowest BCUT2D eigenvalue weighted by Gasteiger charge is -2.33. The number of nitrogens with one attached hydrogen (secondary N) is 1. The van der Waals surface area contributed by atoms with Crippen molar-refractivity contribution in [3.8, 4) is 22.5 Å². The second-order valence-corrected chi connectivity index (χ2v) is 9.71. The van der Waals surface area contributed by atoms with Crippen molar-refractivity contribution >= 4 is 12.1 Å². The summed E-state index contributed by atoms with van der Waals surface area (Å²) in [5, 5.41) is 8.56. The van der Waals surface area contributed by atoms with Crippen LogP contribution in [-0.4, -0.2) is 45.8 Å². The van der Waals surface area contributed by atoms with E-state index in [4.69, 9.17) is 4.98 Å². The fourth-order valence-corrected chi connectivity index (χ4v) is 5.75. The molecule has 178 valence electrons. The summed E-state index contributed by atoms with van der Waals surface area (Å²) in [6, 6.07) is 18.2. The van der Waals surface area contributed by atoms with Crippen LogP contribution in [0.25, 0.3) is 22.5 Å². The molecular formula is C29H31N5O. The number of carbonyl (C=O) groups is 1. The van der Waals surface area contributed by atoms with Crippen LogP contribution in [0.1, 0.15) is 48.7 Å². The molecule has 1 aliphatic carbocycles. The second-order valence-electron chi connectivity index (χ2n) is 9.71. The zero-order valence-electron chi connectivity index (χ0n) is 20.0. The van der Waals surface area contributed by atoms with Crippen molar-refractivity contribution in [3.05, 3.63) is 78.1 Å². The molecule has 1 aromatic heterocycles. The molecule has 1 fully saturated rings. The van der Waals surface area contributed by atoms with Gasteiger partial charge in [-0.15, -0.1) is 0 Å². The van der Waals surface area contributed by atoms with E-state index in [9.17, 15) is 4.79 Å². The van der Waals surface area contributed by atoms with Crippen LogP contribution in [-0.2, 0) is 17.6 Å². The SMILES string of the molecule is C=CC(=O)N1CCC(NC2CCc3cc(-c4nc5n(c4-c4ccccc4)N=CCC5)ccc32)CC1. The van der Waals surface area contributed by atoms with E-state index >= 15 is 0 Å². The molecule has 3 aromatic rings. The van der Waals surface area contributed by atoms with E-state index in [0.29, 0.717) is 12.1 Å². The number of rotatable bonds is 5. The number of imidazole rings is 1. The van der Waals surface area contributed by atoms with E-state index in [2.05, 4.69) is 59.5 Å². The van der Waals surface area contributed by atoms with Crippen LogP contribution >= 0.6 is 0 Å². The van der Waals surface area contributed by atoms with Crippen molar-refractivity contribution in [1.29, 1.82) is 0 Å². The van der Waals surface area contributed by atoms with Crippen LogP contribution in [0.3, 0.4) is 0 Å². The average molecular weight is 466 g/mol. The number of benzene rings is 2. The summed E-state index contributed by atoms with van der Waals surface area (Å²) >= 11 is 0. The Morgan fingerprint density at radius 1 is 1.03 bits per heavy atom. The van der Waals surface area contributed by atoms with Crippen molar-refractivity contribution in [3.63, 3.8) is 0 Å². The predicted octanol–water partition coefficient (Wildman–Crippen LogP) is 4.75. The summed E-state index contributed by atoms with van der Waals surface area (Å²) in [6.45, 7) is 5.22. The lowest BCUT2D eigenvalue weighted by molar-refractivity contribution is -0.127. The van der Waals surface area contributed by atoms with Gasteiger partial charge in [0.15, 0.2) is 0 Å². The van der Waals surface area contributed by atoms with E-state index in [1.165, 1.54) is 17.2 Å². The van der Waals surface area contributed by atoms with Crippen molar-refractivity contribution in [1.82, 2.24) is 19.9 Å². The average Bonchev–Trinajstić information content (AvgIpc) is 3.50. The van der Waals surface area contributed by atoms with Gasteiger partial charge in [0.25, 0.3) is 0 Å². The van der Waals surface area contributed by atoms with Crippen molar-refractivity contribution in [2.45, 2.75) is 50.6 Å². The molecule has 1 saturated heterocycles. The van der Waals surface area contributed by atoms with E-state index in [1.54, 1.807) is 0 Å². The number of aromatic nitrogens is 2. The molecule has 6 rings (SSSR count). The predicted molar refractivity (Wildman–Crippen MR) is 139 cm³/mol. The number of hydrogen-bond acceptors (Lipinski definition) is 4. The highest BCUT2D eigenvalue weighted by molar-refractivity contribution is 5.87. The van der Waals surface area contributed by atoms with Gasteiger partial charge < -0.3 is 10.2 Å². The highest BCUT2D eigenvalue weighted by atomic mass is 16.2. The van der Waals surface area contributed by atoms with Gasteiger partial charge in [0.1, 0.15) is 11.5 Å². The first kappa shape index (κ1) is 22.0. The number of nitrogens with zero attached hydrogens (tertiary/aromatic N) is 4. The molecular weight excluding hydrogens is 434 g/mol. The minimum absolute atomic E-state index is 0.0451. The molecule has 2 aliphatic heterocycles. The minimum atomic E-state index is 0.0451. The molecule has 1 amide bonds. The summed E-state index contributed by atoms with van der Waals surface area (Å²) in [5.41, 5.74) is 7.21. The van der Waals surface area contributed by atoms with Crippen LogP contribution in [0.5, 0.6) is 0 Å². The van der Waals surface area contributed by atoms with Gasteiger partial charge in [0, 0.05) is 48.9 Å². The summed E-state index contributed by atoms with van der Waals surface area (Å²) in [5.74, 6) is 1.08. The molecule has 0 bridgehead atoms. The standard InChI is InChI=1S/C29H31N5O/c1-2-27(35)33-17-14-23(15-18-33)31-25-13-11-21-19-22(10-12-24(21)25)28-29(20-7-4-3-5-8-20)34-26(32-28)9-6-16-30-34/h2-5,7-8,10,12,16,19,23,25,31H,1,6,9,11,13-15,17-18H2. The number of piperidine rings is 1. The molecule has 1 unspecified atom stereocenters. The Morgan fingerprint density at radius 2 is 1.86 bits per heavy atom. The van der Waals surface area contributed by atoms with Crippen LogP contribution < -0.4 is 5.32 Å². The zero-order valence-corrected chi connectivity index (χ0v) is 20.0. The zero-order chi connectivity index (χ0) is 23.8. The smallest absolute Gasteiger partial charge is 0.245 e. The third-order valence-corrected chi connectivity index (χ3v) is 7.58. The Balaban J connectivity index is 1.25. The number of likely N-dealkylation sites (tertiary alicyclic amines) is 1. The van der Waals surface area contributed by atoms with Gasteiger partial charge in [-0.1, -0.05) is 49.0 Å². The van der Waals surface area contributed by atoms with E-state index < -0.39 is 0 Å². The second kappa shape index (κ2) is 9.27. The van der Waals surface area contributed by atoms with Gasteiger partial charge >= 0.3 is 0 Å². The number of amides is 1. The molecule has 3 heterocycles. The number of aryl methyl sites for hydroxylation is 2. The van der Waals surface area contributed by atoms with Crippen molar-refractivity contribution < 1.29 is 4.79 Å². The monoisotopic (exact) mass is 465 g/mol. The van der Waals surface area contributed by atoms with Gasteiger partial charge in [-0.2, -0.15) is 5.10 Å². The number of hydrogen-bond donors (Lipinski definition) is 1. The summed E-state index contributed by atoms with van der Waals surface area (Å²) < 4.78 is 2.02. The molecule has 0 spiro atoms. The first-order valence-electron chi connectivity index (χ1n) is 12.7. The molecule has 3 aliphatic rings. The van der Waals surface area contributed by atoms with E-state index in [1.807, 2.05) is 21.9 Å². The van der Waals surface area contributed by atoms with Crippen LogP contribution in [0, 0.1) is 0 Å². The number of fused-ring (bicyclic) bond motifs is 2. The fourth-order valence-electron chi connectivity index (χ4n) is 5.75. The minimum Gasteiger partial charge on any atom is -0.339 e. The van der Waals surface area contributed by atoms with Gasteiger partial charge in [-0.25, -0.2) is 9.66 Å². The third-order valence-electron chi connectivity index (χ3n) is 7.58. The molecule has 0 radical (unpaired) electrons. The fraction of sp³-hybridized carbons (Fsp3) is 0.345. The topological polar surface area (TPSA) is 62.5 Å². The summed E-state index contributed by atoms with van der Waals surface area (Å²) in [4.78, 5) is 18.8. The Kier molecular flexibility index (Phi) is 5.82. The van der Waals surface area contributed by atoms with Crippen LogP contribution in [0.15, 0.2) is 66.3 Å². The lowest BCUT2D eigenvalue weighted by Crippen LogP contribution is -2.45. The lowest BCUT2D eigenvalue weighted by atomic mass is 9.98. The van der Waals surface area contributed by atoms with E-state index in [-0.39, 0.29) is 5.91 Å². The third kappa shape index (κ3) is 4.12. The Bertz CT molecular complexity index is 1280. The van der Waals surface area contributed by atoms with Gasteiger partial charge in [0.2, 0.25) is 5.91 Å². The molecule has 1 atom stereocenters. The largest absolute Gasteiger partial charge is 0.339 e. The first-order valence-corrected chi connectivity index (χ1v) is 12.7. The maximum atomic E-state index is 11.9. The van der Waals surface area contributed by atoms with Crippen molar-refractivity contribution in [2.75, 3.05) is 13.1 Å². The summed E-state index contributed by atoms with van der Waals surface area (Å²) in [6.07, 6.45) is 9.42. The number of carbonyl (C=O) groups excluding carboxylic acids is 1. The molecule has 35 heavy (non-hydrogen) atoms. The molecule has 0 saturated carbocycles. The van der Waals surface area contributed by atoms with E-state index in [0.717, 1.165) is 80.0 Å². The molecule has 6 nitrogen and oxygen atoms in total. The maximum absolute atomic E-state index is 11.9. The van der Waals surface area contributed by atoms with Gasteiger partial charge in [-0.3, -0.25) is 4.79 Å². The van der Waals surface area contributed by atoms with Gasteiger partial charge in [-0.05, 0) is 55.4 Å². The normalized spacial score (nSPS) is 19.4. The highest BCUT2D eigenvalue weighted by Gasteiger charge is 2.29. The first-order chi connectivity index (χ1) is 17.2. The molecule has 1 N–H and O–H groups in total. The Morgan fingerprint density at radius 3 is 2.66 bits per heavy atom. The van der Waals surface area contributed by atoms with Crippen LogP contribution in [0.2, 0.25) is 0 Å². The summed E-state index contributed by atoms with van der Waals surface area (Å²) in [7, 11) is 0. The van der Waals surface area contributed by atoms with Crippen molar-refractivity contribution in [2.24, 2.45) is 5.10 Å².